The summed E-state index contributed by atoms with van der Waals surface area (Å²) in [5.41, 5.74) is 0.871. The summed E-state index contributed by atoms with van der Waals surface area (Å²) >= 11 is 5.89. The number of urea groups is 1. The number of rotatable bonds is 3. The second kappa shape index (κ2) is 6.58. The van der Waals surface area contributed by atoms with Gasteiger partial charge >= 0.3 is 6.03 Å². The lowest BCUT2D eigenvalue weighted by Gasteiger charge is -2.20. The van der Waals surface area contributed by atoms with Crippen molar-refractivity contribution in [2.75, 3.05) is 23.4 Å². The van der Waals surface area contributed by atoms with Crippen LogP contribution in [0, 0.1) is 0 Å². The minimum absolute atomic E-state index is 0.377. The number of halogens is 1. The van der Waals surface area contributed by atoms with Crippen LogP contribution >= 0.6 is 11.6 Å². The van der Waals surface area contributed by atoms with Crippen molar-refractivity contribution in [1.29, 1.82) is 0 Å². The number of carbonyl (C=O) groups is 2. The van der Waals surface area contributed by atoms with E-state index in [0.717, 1.165) is 4.90 Å². The van der Waals surface area contributed by atoms with Crippen molar-refractivity contribution >= 4 is 35.4 Å². The molecule has 2 aromatic rings. The lowest BCUT2D eigenvalue weighted by atomic mass is 10.2. The molecular formula is C16H13ClN2O4. The van der Waals surface area contributed by atoms with Gasteiger partial charge in [-0.15, -0.1) is 0 Å². The molecule has 1 heterocycles. The number of nitrogens with one attached hydrogen (secondary N) is 1. The van der Waals surface area contributed by atoms with E-state index >= 15 is 0 Å². The SMILES string of the molecule is O=CN(C(=O)Nc1ccc2c(c1)OCCO2)c1cccc(Cl)c1. The Bertz CT molecular complexity index is 751. The fraction of sp³-hybridized carbons (Fsp3) is 0.125. The highest BCUT2D eigenvalue weighted by Gasteiger charge is 2.17. The van der Waals surface area contributed by atoms with Crippen molar-refractivity contribution in [1.82, 2.24) is 0 Å². The minimum Gasteiger partial charge on any atom is -0.486 e. The van der Waals surface area contributed by atoms with Gasteiger partial charge in [-0.2, -0.15) is 0 Å². The molecule has 0 radical (unpaired) electrons. The second-order valence-electron chi connectivity index (χ2n) is 4.74. The fourth-order valence-electron chi connectivity index (χ4n) is 2.16. The van der Waals surface area contributed by atoms with Gasteiger partial charge in [-0.3, -0.25) is 4.79 Å². The Balaban J connectivity index is 1.78. The molecule has 23 heavy (non-hydrogen) atoms. The third-order valence-corrected chi connectivity index (χ3v) is 3.44. The highest BCUT2D eigenvalue weighted by Crippen LogP contribution is 2.32. The predicted molar refractivity (Wildman–Crippen MR) is 86.4 cm³/mol. The monoisotopic (exact) mass is 332 g/mol. The zero-order chi connectivity index (χ0) is 16.2. The van der Waals surface area contributed by atoms with Crippen LogP contribution in [0.5, 0.6) is 11.5 Å². The molecule has 2 aromatic carbocycles. The van der Waals surface area contributed by atoms with Crippen LogP contribution in [0.15, 0.2) is 42.5 Å². The van der Waals surface area contributed by atoms with Gasteiger partial charge in [-0.25, -0.2) is 9.69 Å². The first kappa shape index (κ1) is 15.2. The molecule has 7 heteroatoms. The Morgan fingerprint density at radius 3 is 2.65 bits per heavy atom. The van der Waals surface area contributed by atoms with Crippen molar-refractivity contribution < 1.29 is 19.1 Å². The summed E-state index contributed by atoms with van der Waals surface area (Å²) in [6.07, 6.45) is 0.430. The van der Waals surface area contributed by atoms with Crippen molar-refractivity contribution in [2.45, 2.75) is 0 Å². The smallest absolute Gasteiger partial charge is 0.332 e. The average Bonchev–Trinajstić information content (AvgIpc) is 2.55. The standard InChI is InChI=1S/C16H13ClN2O4/c17-11-2-1-3-13(8-11)19(10-20)16(21)18-12-4-5-14-15(9-12)23-7-6-22-14/h1-5,8-10H,6-7H2,(H,18,21). The molecule has 3 rings (SSSR count). The molecule has 6 nitrogen and oxygen atoms in total. The summed E-state index contributed by atoms with van der Waals surface area (Å²) in [5, 5.41) is 3.07. The Morgan fingerprint density at radius 2 is 1.91 bits per heavy atom. The predicted octanol–water partition coefficient (Wildman–Crippen LogP) is 3.31. The van der Waals surface area contributed by atoms with Gasteiger partial charge in [0.1, 0.15) is 13.2 Å². The van der Waals surface area contributed by atoms with Gasteiger partial charge in [0.05, 0.1) is 5.69 Å². The van der Waals surface area contributed by atoms with Crippen LogP contribution in [0.3, 0.4) is 0 Å². The molecule has 0 bridgehead atoms. The Morgan fingerprint density at radius 1 is 1.13 bits per heavy atom. The average molecular weight is 333 g/mol. The molecule has 118 valence electrons. The van der Waals surface area contributed by atoms with E-state index in [1.165, 1.54) is 6.07 Å². The lowest BCUT2D eigenvalue weighted by molar-refractivity contribution is -0.106. The van der Waals surface area contributed by atoms with Crippen LogP contribution in [0.4, 0.5) is 16.2 Å². The lowest BCUT2D eigenvalue weighted by Crippen LogP contribution is -2.33. The quantitative estimate of drug-likeness (QED) is 0.876. The number of imide groups is 1. The molecular weight excluding hydrogens is 320 g/mol. The highest BCUT2D eigenvalue weighted by molar-refractivity contribution is 6.31. The molecule has 0 saturated heterocycles. The van der Waals surface area contributed by atoms with Crippen LogP contribution in [-0.4, -0.2) is 25.7 Å². The van der Waals surface area contributed by atoms with Crippen molar-refractivity contribution in [2.24, 2.45) is 0 Å². The van der Waals surface area contributed by atoms with E-state index < -0.39 is 6.03 Å². The van der Waals surface area contributed by atoms with E-state index in [4.69, 9.17) is 21.1 Å². The van der Waals surface area contributed by atoms with Crippen LogP contribution in [0.1, 0.15) is 0 Å². The summed E-state index contributed by atoms with van der Waals surface area (Å²) < 4.78 is 10.9. The normalized spacial score (nSPS) is 12.4. The Kier molecular flexibility index (Phi) is 4.34. The van der Waals surface area contributed by atoms with E-state index in [1.54, 1.807) is 36.4 Å². The number of amides is 3. The number of anilines is 2. The number of ether oxygens (including phenoxy) is 2. The van der Waals surface area contributed by atoms with Crippen LogP contribution < -0.4 is 19.7 Å². The Labute approximate surface area is 137 Å². The molecule has 0 aliphatic carbocycles. The summed E-state index contributed by atoms with van der Waals surface area (Å²) in [6.45, 7) is 0.944. The maximum absolute atomic E-state index is 12.3. The number of benzene rings is 2. The first-order chi connectivity index (χ1) is 11.2. The zero-order valence-corrected chi connectivity index (χ0v) is 12.7. The summed E-state index contributed by atoms with van der Waals surface area (Å²) in [5.74, 6) is 1.17. The number of hydrogen-bond acceptors (Lipinski definition) is 4. The van der Waals surface area contributed by atoms with Gasteiger partial charge in [0.2, 0.25) is 6.41 Å². The van der Waals surface area contributed by atoms with Crippen LogP contribution in [-0.2, 0) is 4.79 Å². The molecule has 1 N–H and O–H groups in total. The largest absolute Gasteiger partial charge is 0.486 e. The summed E-state index contributed by atoms with van der Waals surface area (Å²) in [4.78, 5) is 24.5. The highest BCUT2D eigenvalue weighted by atomic mass is 35.5. The van der Waals surface area contributed by atoms with Gasteiger partial charge < -0.3 is 14.8 Å². The van der Waals surface area contributed by atoms with E-state index in [2.05, 4.69) is 5.32 Å². The third kappa shape index (κ3) is 3.37. The molecule has 0 fully saturated rings. The molecule has 0 saturated carbocycles. The van der Waals surface area contributed by atoms with E-state index in [1.807, 2.05) is 0 Å². The molecule has 0 aromatic heterocycles. The van der Waals surface area contributed by atoms with Crippen molar-refractivity contribution in [3.63, 3.8) is 0 Å². The number of fused-ring (bicyclic) bond motifs is 1. The first-order valence-electron chi connectivity index (χ1n) is 6.88. The Hall–Kier alpha value is -2.73. The summed E-state index contributed by atoms with van der Waals surface area (Å²) in [7, 11) is 0. The minimum atomic E-state index is -0.598. The van der Waals surface area contributed by atoms with Crippen LogP contribution in [0.25, 0.3) is 0 Å². The van der Waals surface area contributed by atoms with Gasteiger partial charge in [-0.1, -0.05) is 17.7 Å². The third-order valence-electron chi connectivity index (χ3n) is 3.20. The van der Waals surface area contributed by atoms with E-state index in [-0.39, 0.29) is 0 Å². The zero-order valence-electron chi connectivity index (χ0n) is 12.0. The molecule has 1 aliphatic rings. The maximum Gasteiger partial charge on any atom is 0.332 e. The molecule has 3 amide bonds. The first-order valence-corrected chi connectivity index (χ1v) is 7.26. The molecule has 0 atom stereocenters. The molecule has 1 aliphatic heterocycles. The maximum atomic E-state index is 12.3. The van der Waals surface area contributed by atoms with Gasteiger partial charge in [-0.05, 0) is 30.3 Å². The van der Waals surface area contributed by atoms with Crippen molar-refractivity contribution in [3.8, 4) is 11.5 Å². The van der Waals surface area contributed by atoms with Gasteiger partial charge in [0, 0.05) is 16.8 Å². The van der Waals surface area contributed by atoms with Gasteiger partial charge in [0.15, 0.2) is 11.5 Å². The van der Waals surface area contributed by atoms with E-state index in [0.29, 0.717) is 47.5 Å². The molecule has 0 unspecified atom stereocenters. The van der Waals surface area contributed by atoms with Gasteiger partial charge in [0.25, 0.3) is 0 Å². The second-order valence-corrected chi connectivity index (χ2v) is 5.18. The molecule has 0 spiro atoms. The van der Waals surface area contributed by atoms with Crippen molar-refractivity contribution in [3.05, 3.63) is 47.5 Å². The number of nitrogens with zero attached hydrogens (tertiary/aromatic N) is 1. The number of carbonyl (C=O) groups excluding carboxylic acids is 2. The topological polar surface area (TPSA) is 67.9 Å². The van der Waals surface area contributed by atoms with E-state index in [9.17, 15) is 9.59 Å². The van der Waals surface area contributed by atoms with Crippen LogP contribution in [0.2, 0.25) is 5.02 Å². The number of hydrogen-bond donors (Lipinski definition) is 1. The summed E-state index contributed by atoms with van der Waals surface area (Å²) in [6, 6.07) is 10.9. The fourth-order valence-corrected chi connectivity index (χ4v) is 2.34.